The Bertz CT molecular complexity index is 530. The van der Waals surface area contributed by atoms with Gasteiger partial charge in [0.25, 0.3) is 0 Å². The van der Waals surface area contributed by atoms with Gasteiger partial charge in [0.1, 0.15) is 0 Å². The first-order valence-corrected chi connectivity index (χ1v) is 6.86. The van der Waals surface area contributed by atoms with Gasteiger partial charge in [-0.3, -0.25) is 4.79 Å². The molecule has 0 fully saturated rings. The van der Waals surface area contributed by atoms with Crippen LogP contribution in [0.4, 0.5) is 10.5 Å². The molecule has 0 saturated heterocycles. The molecule has 0 spiro atoms. The van der Waals surface area contributed by atoms with E-state index in [1.54, 1.807) is 18.2 Å². The number of carboxylic acids is 1. The molecule has 0 heterocycles. The van der Waals surface area contributed by atoms with Crippen molar-refractivity contribution in [2.45, 2.75) is 12.5 Å². The highest BCUT2D eigenvalue weighted by Gasteiger charge is 2.25. The summed E-state index contributed by atoms with van der Waals surface area (Å²) in [5.74, 6) is -1.37. The van der Waals surface area contributed by atoms with Crippen molar-refractivity contribution in [2.75, 3.05) is 5.32 Å². The second-order valence-corrected chi connectivity index (χ2v) is 5.53. The number of hydrogen-bond donors (Lipinski definition) is 3. The molecule has 1 aromatic carbocycles. The van der Waals surface area contributed by atoms with E-state index in [0.29, 0.717) is 12.1 Å². The molecule has 3 N–H and O–H groups in total. The minimum atomic E-state index is -0.862. The van der Waals surface area contributed by atoms with Gasteiger partial charge < -0.3 is 15.7 Å². The summed E-state index contributed by atoms with van der Waals surface area (Å²) in [6.07, 6.45) is 3.72. The molecule has 100 valence electrons. The predicted molar refractivity (Wildman–Crippen MR) is 80.0 cm³/mol. The summed E-state index contributed by atoms with van der Waals surface area (Å²) >= 11 is 2.16. The summed E-state index contributed by atoms with van der Waals surface area (Å²) < 4.78 is 1.03. The number of carboxylic acid groups (broad SMARTS) is 1. The average Bonchev–Trinajstić information content (AvgIpc) is 2.77. The fourth-order valence-corrected chi connectivity index (χ4v) is 2.43. The second kappa shape index (κ2) is 6.05. The minimum absolute atomic E-state index is 0.233. The Morgan fingerprint density at radius 3 is 2.74 bits per heavy atom. The molecular weight excluding hydrogens is 359 g/mol. The summed E-state index contributed by atoms with van der Waals surface area (Å²) in [6.45, 7) is 0. The van der Waals surface area contributed by atoms with Gasteiger partial charge in [0, 0.05) is 9.26 Å². The van der Waals surface area contributed by atoms with Crippen LogP contribution in [0.2, 0.25) is 0 Å². The molecule has 1 aliphatic rings. The molecule has 2 atom stereocenters. The summed E-state index contributed by atoms with van der Waals surface area (Å²) in [7, 11) is 0. The minimum Gasteiger partial charge on any atom is -0.481 e. The third-order valence-corrected chi connectivity index (χ3v) is 3.47. The second-order valence-electron chi connectivity index (χ2n) is 4.28. The molecule has 2 amide bonds. The van der Waals surface area contributed by atoms with Crippen molar-refractivity contribution < 1.29 is 14.7 Å². The van der Waals surface area contributed by atoms with E-state index in [4.69, 9.17) is 5.11 Å². The molecule has 0 saturated carbocycles. The number of nitrogens with one attached hydrogen (secondary N) is 2. The Balaban J connectivity index is 1.86. The first-order valence-electron chi connectivity index (χ1n) is 5.79. The maximum absolute atomic E-state index is 11.8. The zero-order chi connectivity index (χ0) is 13.8. The average molecular weight is 372 g/mol. The van der Waals surface area contributed by atoms with E-state index < -0.39 is 11.9 Å². The van der Waals surface area contributed by atoms with Gasteiger partial charge in [0.2, 0.25) is 0 Å². The predicted octanol–water partition coefficient (Wildman–Crippen LogP) is 2.44. The van der Waals surface area contributed by atoms with Gasteiger partial charge in [-0.1, -0.05) is 18.2 Å². The van der Waals surface area contributed by atoms with Crippen LogP contribution in [-0.2, 0) is 4.79 Å². The highest BCUT2D eigenvalue weighted by Crippen LogP contribution is 2.18. The molecule has 0 radical (unpaired) electrons. The molecule has 0 aromatic heterocycles. The number of halogens is 1. The van der Waals surface area contributed by atoms with Crippen molar-refractivity contribution in [1.29, 1.82) is 0 Å². The number of carbonyl (C=O) groups is 2. The fourth-order valence-electron chi connectivity index (χ4n) is 1.89. The number of amides is 2. The Hall–Kier alpha value is -1.57. The zero-order valence-electron chi connectivity index (χ0n) is 9.97. The van der Waals surface area contributed by atoms with E-state index in [0.717, 1.165) is 3.57 Å². The molecule has 6 heteroatoms. The molecule has 5 nitrogen and oxygen atoms in total. The van der Waals surface area contributed by atoms with Crippen LogP contribution in [0.15, 0.2) is 36.4 Å². The number of anilines is 1. The van der Waals surface area contributed by atoms with E-state index in [9.17, 15) is 9.59 Å². The van der Waals surface area contributed by atoms with Crippen LogP contribution in [0.1, 0.15) is 6.42 Å². The lowest BCUT2D eigenvalue weighted by Crippen LogP contribution is -2.36. The third-order valence-electron chi connectivity index (χ3n) is 2.80. The van der Waals surface area contributed by atoms with Crippen LogP contribution >= 0.6 is 22.6 Å². The van der Waals surface area contributed by atoms with Crippen LogP contribution in [0, 0.1) is 9.49 Å². The maximum Gasteiger partial charge on any atom is 0.319 e. The Kier molecular flexibility index (Phi) is 4.41. The fraction of sp³-hybridized carbons (Fsp3) is 0.231. The normalized spacial score (nSPS) is 21.1. The van der Waals surface area contributed by atoms with Crippen molar-refractivity contribution in [1.82, 2.24) is 5.32 Å². The summed E-state index contributed by atoms with van der Waals surface area (Å²) in [5.41, 5.74) is 0.709. The highest BCUT2D eigenvalue weighted by molar-refractivity contribution is 14.1. The van der Waals surface area contributed by atoms with Gasteiger partial charge in [-0.25, -0.2) is 4.79 Å². The smallest absolute Gasteiger partial charge is 0.319 e. The Labute approximate surface area is 124 Å². The SMILES string of the molecule is O=C(Nc1cccc(I)c1)NC1C=CC(C(=O)O)C1. The van der Waals surface area contributed by atoms with E-state index in [-0.39, 0.29) is 12.1 Å². The quantitative estimate of drug-likeness (QED) is 0.564. The van der Waals surface area contributed by atoms with Gasteiger partial charge in [0.05, 0.1) is 12.0 Å². The lowest BCUT2D eigenvalue weighted by molar-refractivity contribution is -0.140. The van der Waals surface area contributed by atoms with E-state index in [1.807, 2.05) is 18.2 Å². The lowest BCUT2D eigenvalue weighted by atomic mass is 10.1. The van der Waals surface area contributed by atoms with Crippen molar-refractivity contribution >= 4 is 40.3 Å². The van der Waals surface area contributed by atoms with E-state index >= 15 is 0 Å². The molecular formula is C13H13IN2O3. The Morgan fingerprint density at radius 2 is 2.11 bits per heavy atom. The van der Waals surface area contributed by atoms with Gasteiger partial charge in [-0.15, -0.1) is 0 Å². The van der Waals surface area contributed by atoms with Crippen LogP contribution in [0.25, 0.3) is 0 Å². The van der Waals surface area contributed by atoms with Crippen molar-refractivity contribution in [3.63, 3.8) is 0 Å². The van der Waals surface area contributed by atoms with Crippen LogP contribution < -0.4 is 10.6 Å². The van der Waals surface area contributed by atoms with Crippen molar-refractivity contribution in [3.05, 3.63) is 40.0 Å². The first kappa shape index (κ1) is 13.9. The maximum atomic E-state index is 11.8. The van der Waals surface area contributed by atoms with Gasteiger partial charge in [-0.2, -0.15) is 0 Å². The van der Waals surface area contributed by atoms with Crippen LogP contribution in [0.3, 0.4) is 0 Å². The largest absolute Gasteiger partial charge is 0.481 e. The number of hydrogen-bond acceptors (Lipinski definition) is 2. The van der Waals surface area contributed by atoms with Crippen molar-refractivity contribution in [3.8, 4) is 0 Å². The molecule has 19 heavy (non-hydrogen) atoms. The number of rotatable bonds is 3. The number of carbonyl (C=O) groups excluding carboxylic acids is 1. The summed E-state index contributed by atoms with van der Waals surface area (Å²) in [4.78, 5) is 22.5. The monoisotopic (exact) mass is 372 g/mol. The first-order chi connectivity index (χ1) is 9.04. The number of benzene rings is 1. The molecule has 2 rings (SSSR count). The number of urea groups is 1. The van der Waals surface area contributed by atoms with Crippen LogP contribution in [0.5, 0.6) is 0 Å². The van der Waals surface area contributed by atoms with Gasteiger partial charge >= 0.3 is 12.0 Å². The highest BCUT2D eigenvalue weighted by atomic mass is 127. The van der Waals surface area contributed by atoms with Crippen LogP contribution in [-0.4, -0.2) is 23.1 Å². The standard InChI is InChI=1S/C13H13IN2O3/c14-9-2-1-3-10(7-9)15-13(19)16-11-5-4-8(6-11)12(17)18/h1-5,7-8,11H,6H2,(H,17,18)(H2,15,16,19). The summed E-state index contributed by atoms with van der Waals surface area (Å²) in [5, 5.41) is 14.3. The third kappa shape index (κ3) is 3.95. The molecule has 1 aromatic rings. The lowest BCUT2D eigenvalue weighted by Gasteiger charge is -2.13. The van der Waals surface area contributed by atoms with Crippen molar-refractivity contribution in [2.24, 2.45) is 5.92 Å². The van der Waals surface area contributed by atoms with Gasteiger partial charge in [0.15, 0.2) is 0 Å². The van der Waals surface area contributed by atoms with E-state index in [1.165, 1.54) is 0 Å². The molecule has 1 aliphatic carbocycles. The summed E-state index contributed by atoms with van der Waals surface area (Å²) in [6, 6.07) is 6.87. The Morgan fingerprint density at radius 1 is 1.32 bits per heavy atom. The molecule has 2 unspecified atom stereocenters. The molecule has 0 aliphatic heterocycles. The van der Waals surface area contributed by atoms with Gasteiger partial charge in [-0.05, 0) is 47.2 Å². The molecule has 0 bridgehead atoms. The van der Waals surface area contributed by atoms with E-state index in [2.05, 4.69) is 33.2 Å². The number of aliphatic carboxylic acids is 1. The topological polar surface area (TPSA) is 78.4 Å². The zero-order valence-corrected chi connectivity index (χ0v) is 12.1.